The first-order valence-corrected chi connectivity index (χ1v) is 20.1. The first kappa shape index (κ1) is 37.7. The molecule has 2 atom stereocenters. The summed E-state index contributed by atoms with van der Waals surface area (Å²) in [4.78, 5) is 31.8. The molecule has 0 radical (unpaired) electrons. The standard InChI is InChI=1S/C46H52N4O6/c51-40-17-16-38(39-7-4-22-48-44(39)40)41(52)29-47-28-33-8-10-34(11-9-33)31-55-37-14-12-32(13-15-37)27-43(53)50-25-20-46(21-26-50,36-5-2-1-3-6-36)45(54)56-42-30-49-23-18-35(42)19-24-49/h1-17,35,41-42,47-48,51-52H,18-31H2. The van der Waals surface area contributed by atoms with Gasteiger partial charge in [0.05, 0.1) is 23.6 Å². The smallest absolute Gasteiger partial charge is 0.317 e. The van der Waals surface area contributed by atoms with Crippen LogP contribution < -0.4 is 15.4 Å². The number of ether oxygens (including phenoxy) is 2. The first-order valence-electron chi connectivity index (χ1n) is 20.1. The van der Waals surface area contributed by atoms with E-state index < -0.39 is 11.5 Å². The quantitative estimate of drug-likeness (QED) is 0.0966. The van der Waals surface area contributed by atoms with E-state index in [0.717, 1.165) is 71.6 Å². The molecule has 5 aliphatic heterocycles. The van der Waals surface area contributed by atoms with E-state index in [-0.39, 0.29) is 23.7 Å². The summed E-state index contributed by atoms with van der Waals surface area (Å²) in [7, 11) is 0. The molecule has 4 N–H and O–H groups in total. The van der Waals surface area contributed by atoms with Crippen LogP contribution in [0.25, 0.3) is 6.08 Å². The summed E-state index contributed by atoms with van der Waals surface area (Å²) in [6.07, 6.45) is 6.73. The van der Waals surface area contributed by atoms with Gasteiger partial charge in [0.1, 0.15) is 24.2 Å². The molecule has 0 saturated carbocycles. The number of nitrogens with one attached hydrogen (secondary N) is 2. The van der Waals surface area contributed by atoms with Crippen LogP contribution in [0.15, 0.2) is 97.1 Å². The second-order valence-corrected chi connectivity index (χ2v) is 15.7. The van der Waals surface area contributed by atoms with Gasteiger partial charge in [0.25, 0.3) is 0 Å². The number of hydrogen-bond acceptors (Lipinski definition) is 9. The zero-order chi connectivity index (χ0) is 38.5. The molecule has 0 aliphatic carbocycles. The Balaban J connectivity index is 0.789. The summed E-state index contributed by atoms with van der Waals surface area (Å²) in [6.45, 7) is 6.09. The number of piperidine rings is 4. The SMILES string of the molecule is O=C(Cc1ccc(OCc2ccc(CNCC(O)c3ccc(O)c4c3C=CCN4)cc2)cc1)N1CCC(C(=O)OC2CN3CCC2CC3)(c2ccccc2)CC1. The Morgan fingerprint density at radius 2 is 1.59 bits per heavy atom. The Labute approximate surface area is 329 Å². The molecule has 292 valence electrons. The van der Waals surface area contributed by atoms with Crippen LogP contribution in [0.1, 0.15) is 65.2 Å². The average Bonchev–Trinajstić information content (AvgIpc) is 3.25. The normalized spacial score (nSPS) is 21.4. The third kappa shape index (κ3) is 8.33. The number of carbonyl (C=O) groups excluding carboxylic acids is 2. The number of aliphatic hydroxyl groups excluding tert-OH is 1. The Morgan fingerprint density at radius 1 is 0.875 bits per heavy atom. The number of nitrogens with zero attached hydrogens (tertiary/aromatic N) is 2. The molecule has 0 aromatic heterocycles. The van der Waals surface area contributed by atoms with Crippen LogP contribution in [0, 0.1) is 5.92 Å². The molecule has 4 saturated heterocycles. The fourth-order valence-electron chi connectivity index (χ4n) is 8.79. The van der Waals surface area contributed by atoms with Gasteiger partial charge in [-0.25, -0.2) is 0 Å². The number of hydrogen-bond donors (Lipinski definition) is 4. The third-order valence-electron chi connectivity index (χ3n) is 12.2. The van der Waals surface area contributed by atoms with Crippen LogP contribution in [-0.2, 0) is 39.3 Å². The number of phenolic OH excluding ortho intramolecular Hbond substituents is 1. The molecular formula is C46H52N4O6. The van der Waals surface area contributed by atoms with Gasteiger partial charge < -0.3 is 35.2 Å². The molecule has 56 heavy (non-hydrogen) atoms. The van der Waals surface area contributed by atoms with Crippen LogP contribution in [0.2, 0.25) is 0 Å². The Kier molecular flexibility index (Phi) is 11.4. The molecule has 4 aromatic rings. The molecule has 2 unspecified atom stereocenters. The molecule has 5 heterocycles. The lowest BCUT2D eigenvalue weighted by molar-refractivity contribution is -0.168. The van der Waals surface area contributed by atoms with Crippen molar-refractivity contribution in [3.63, 3.8) is 0 Å². The van der Waals surface area contributed by atoms with Crippen LogP contribution in [0.5, 0.6) is 11.5 Å². The van der Waals surface area contributed by atoms with E-state index in [0.29, 0.717) is 70.2 Å². The minimum Gasteiger partial charge on any atom is -0.506 e. The number of amides is 1. The van der Waals surface area contributed by atoms with Gasteiger partial charge in [0.2, 0.25) is 5.91 Å². The topological polar surface area (TPSA) is 124 Å². The second kappa shape index (κ2) is 16.9. The Hall–Kier alpha value is -5.16. The van der Waals surface area contributed by atoms with Crippen molar-refractivity contribution in [1.29, 1.82) is 0 Å². The van der Waals surface area contributed by atoms with Gasteiger partial charge in [0.15, 0.2) is 0 Å². The maximum atomic E-state index is 14.0. The zero-order valence-electron chi connectivity index (χ0n) is 31.9. The number of fused-ring (bicyclic) bond motifs is 4. The number of phenols is 1. The minimum atomic E-state index is -0.741. The van der Waals surface area contributed by atoms with E-state index in [1.807, 2.05) is 95.9 Å². The number of carbonyl (C=O) groups is 2. The molecular weight excluding hydrogens is 705 g/mol. The molecule has 5 aliphatic rings. The highest BCUT2D eigenvalue weighted by Crippen LogP contribution is 2.40. The van der Waals surface area contributed by atoms with E-state index in [4.69, 9.17) is 9.47 Å². The van der Waals surface area contributed by atoms with Gasteiger partial charge in [-0.05, 0) is 90.7 Å². The van der Waals surface area contributed by atoms with Gasteiger partial charge in [0, 0.05) is 44.8 Å². The molecule has 4 aromatic carbocycles. The Bertz CT molecular complexity index is 2000. The number of aliphatic hydroxyl groups is 1. The van der Waals surface area contributed by atoms with Crippen molar-refractivity contribution in [3.8, 4) is 11.5 Å². The predicted octanol–water partition coefficient (Wildman–Crippen LogP) is 5.97. The van der Waals surface area contributed by atoms with Gasteiger partial charge >= 0.3 is 5.97 Å². The number of likely N-dealkylation sites (tertiary alicyclic amines) is 1. The molecule has 10 nitrogen and oxygen atoms in total. The molecule has 9 rings (SSSR count). The summed E-state index contributed by atoms with van der Waals surface area (Å²) in [5.74, 6) is 1.29. The summed E-state index contributed by atoms with van der Waals surface area (Å²) >= 11 is 0. The number of benzene rings is 4. The van der Waals surface area contributed by atoms with Crippen molar-refractivity contribution in [1.82, 2.24) is 15.1 Å². The van der Waals surface area contributed by atoms with Crippen LogP contribution >= 0.6 is 0 Å². The van der Waals surface area contributed by atoms with E-state index >= 15 is 0 Å². The van der Waals surface area contributed by atoms with Crippen LogP contribution in [0.3, 0.4) is 0 Å². The molecule has 1 amide bonds. The molecule has 4 fully saturated rings. The van der Waals surface area contributed by atoms with Crippen molar-refractivity contribution in [2.24, 2.45) is 5.92 Å². The van der Waals surface area contributed by atoms with Crippen molar-refractivity contribution in [2.75, 3.05) is 51.1 Å². The lowest BCUT2D eigenvalue weighted by Gasteiger charge is -2.46. The van der Waals surface area contributed by atoms with E-state index in [2.05, 4.69) is 15.5 Å². The van der Waals surface area contributed by atoms with Crippen molar-refractivity contribution in [2.45, 2.75) is 62.9 Å². The van der Waals surface area contributed by atoms with Crippen molar-refractivity contribution >= 4 is 23.6 Å². The maximum absolute atomic E-state index is 14.0. The van der Waals surface area contributed by atoms with E-state index in [1.165, 1.54) is 0 Å². The lowest BCUT2D eigenvalue weighted by atomic mass is 9.72. The van der Waals surface area contributed by atoms with Crippen molar-refractivity contribution < 1.29 is 29.3 Å². The van der Waals surface area contributed by atoms with E-state index in [9.17, 15) is 19.8 Å². The minimum absolute atomic E-state index is 0.0430. The average molecular weight is 757 g/mol. The number of esters is 1. The monoisotopic (exact) mass is 756 g/mol. The van der Waals surface area contributed by atoms with Gasteiger partial charge in [-0.3, -0.25) is 14.5 Å². The predicted molar refractivity (Wildman–Crippen MR) is 216 cm³/mol. The maximum Gasteiger partial charge on any atom is 0.317 e. The van der Waals surface area contributed by atoms with Crippen LogP contribution in [0.4, 0.5) is 5.69 Å². The van der Waals surface area contributed by atoms with Gasteiger partial charge in [-0.1, -0.05) is 84.9 Å². The third-order valence-corrected chi connectivity index (χ3v) is 12.2. The highest BCUT2D eigenvalue weighted by atomic mass is 16.5. The first-order chi connectivity index (χ1) is 27.3. The fraction of sp³-hybridized carbons (Fsp3) is 0.391. The zero-order valence-corrected chi connectivity index (χ0v) is 31.9. The second-order valence-electron chi connectivity index (χ2n) is 15.7. The molecule has 10 heteroatoms. The number of anilines is 1. The molecule has 2 bridgehead atoms. The highest BCUT2D eigenvalue weighted by molar-refractivity contribution is 5.85. The van der Waals surface area contributed by atoms with Gasteiger partial charge in [-0.15, -0.1) is 0 Å². The summed E-state index contributed by atoms with van der Waals surface area (Å²) in [6, 6.07) is 29.3. The summed E-state index contributed by atoms with van der Waals surface area (Å²) < 4.78 is 12.4. The van der Waals surface area contributed by atoms with Gasteiger partial charge in [-0.2, -0.15) is 0 Å². The summed E-state index contributed by atoms with van der Waals surface area (Å²) in [5.41, 5.74) is 5.54. The van der Waals surface area contributed by atoms with E-state index in [1.54, 1.807) is 12.1 Å². The number of rotatable bonds is 13. The summed E-state index contributed by atoms with van der Waals surface area (Å²) in [5, 5.41) is 27.5. The fourth-order valence-corrected chi connectivity index (χ4v) is 8.79. The largest absolute Gasteiger partial charge is 0.506 e. The number of aromatic hydroxyl groups is 1. The van der Waals surface area contributed by atoms with Crippen LogP contribution in [-0.4, -0.2) is 83.8 Å². The lowest BCUT2D eigenvalue weighted by Crippen LogP contribution is -2.55. The highest BCUT2D eigenvalue weighted by Gasteiger charge is 2.47. The molecule has 0 spiro atoms. The van der Waals surface area contributed by atoms with Crippen molar-refractivity contribution in [3.05, 3.63) is 130 Å². The Morgan fingerprint density at radius 3 is 2.30 bits per heavy atom.